The Kier molecular flexibility index (Phi) is 3.29. The first-order valence-corrected chi connectivity index (χ1v) is 6.07. The van der Waals surface area contributed by atoms with Crippen LogP contribution in [0.25, 0.3) is 0 Å². The molecule has 0 spiro atoms. The molecule has 0 saturated carbocycles. The lowest BCUT2D eigenvalue weighted by atomic mass is 10.2. The molecule has 1 aromatic heterocycles. The average Bonchev–Trinajstić information content (AvgIpc) is 2.88. The molecule has 3 rings (SSSR count). The van der Waals surface area contributed by atoms with E-state index in [9.17, 15) is 4.79 Å². The molecule has 1 aromatic rings. The van der Waals surface area contributed by atoms with Crippen LogP contribution in [0.2, 0.25) is 0 Å². The van der Waals surface area contributed by atoms with Crippen LogP contribution in [0, 0.1) is 6.92 Å². The second-order valence-electron chi connectivity index (χ2n) is 3.83. The van der Waals surface area contributed by atoms with Crippen LogP contribution in [0.4, 0.5) is 5.69 Å². The maximum absolute atomic E-state index is 11.9. The van der Waals surface area contributed by atoms with Gasteiger partial charge in [-0.05, 0) is 19.1 Å². The number of aliphatic imine (C=N–C) groups is 1. The molecule has 0 unspecified atom stereocenters. The summed E-state index contributed by atoms with van der Waals surface area (Å²) in [5.74, 6) is 5.92. The predicted octanol–water partition coefficient (Wildman–Crippen LogP) is 0.922. The second kappa shape index (κ2) is 4.73. The van der Waals surface area contributed by atoms with Crippen LogP contribution in [0.5, 0.6) is 0 Å². The molecule has 1 amide bonds. The standard InChI is InChI=1S/C10H11N5O.C2H6/c1-6-2-3-7-8(13-6)9(16)15(11)10-12-4-5-14(7)10;1-2/h2-3H,4-5,11H2,1H3;1-2H3. The first-order valence-electron chi connectivity index (χ1n) is 6.07. The third kappa shape index (κ3) is 1.74. The van der Waals surface area contributed by atoms with E-state index in [4.69, 9.17) is 5.84 Å². The molecular formula is C12H17N5O. The topological polar surface area (TPSA) is 74.8 Å². The number of carbonyl (C=O) groups excluding carboxylic acids is 1. The van der Waals surface area contributed by atoms with Crippen molar-refractivity contribution in [2.45, 2.75) is 20.8 Å². The largest absolute Gasteiger partial charge is 0.307 e. The molecule has 6 nitrogen and oxygen atoms in total. The van der Waals surface area contributed by atoms with Gasteiger partial charge in [0.15, 0.2) is 5.69 Å². The highest BCUT2D eigenvalue weighted by Gasteiger charge is 2.36. The first-order chi connectivity index (χ1) is 8.68. The number of hydrogen-bond donors (Lipinski definition) is 1. The molecule has 2 aliphatic rings. The van der Waals surface area contributed by atoms with Crippen LogP contribution in [0.15, 0.2) is 17.1 Å². The van der Waals surface area contributed by atoms with Crippen molar-refractivity contribution in [1.29, 1.82) is 0 Å². The van der Waals surface area contributed by atoms with E-state index in [-0.39, 0.29) is 5.91 Å². The summed E-state index contributed by atoms with van der Waals surface area (Å²) in [5.41, 5.74) is 2.01. The summed E-state index contributed by atoms with van der Waals surface area (Å²) >= 11 is 0. The van der Waals surface area contributed by atoms with Gasteiger partial charge in [-0.1, -0.05) is 13.8 Å². The van der Waals surface area contributed by atoms with E-state index in [2.05, 4.69) is 9.98 Å². The summed E-state index contributed by atoms with van der Waals surface area (Å²) in [6, 6.07) is 3.78. The highest BCUT2D eigenvalue weighted by molar-refractivity contribution is 6.17. The lowest BCUT2D eigenvalue weighted by Crippen LogP contribution is -2.54. The van der Waals surface area contributed by atoms with Crippen molar-refractivity contribution < 1.29 is 4.79 Å². The molecule has 0 aliphatic carbocycles. The molecular weight excluding hydrogens is 230 g/mol. The van der Waals surface area contributed by atoms with Crippen LogP contribution < -0.4 is 10.7 Å². The lowest BCUT2D eigenvalue weighted by molar-refractivity contribution is 0.0835. The van der Waals surface area contributed by atoms with Crippen LogP contribution in [0.1, 0.15) is 30.0 Å². The molecule has 0 aromatic carbocycles. The number of carbonyl (C=O) groups is 1. The van der Waals surface area contributed by atoms with Gasteiger partial charge in [0.25, 0.3) is 5.91 Å². The van der Waals surface area contributed by atoms with Gasteiger partial charge in [-0.2, -0.15) is 0 Å². The van der Waals surface area contributed by atoms with E-state index < -0.39 is 0 Å². The van der Waals surface area contributed by atoms with E-state index in [1.807, 2.05) is 37.8 Å². The van der Waals surface area contributed by atoms with E-state index in [1.165, 1.54) is 0 Å². The SMILES string of the molecule is CC.Cc1ccc2c(n1)C(=O)N(N)C1=NCCN12. The summed E-state index contributed by atoms with van der Waals surface area (Å²) in [4.78, 5) is 22.3. The number of nitrogens with two attached hydrogens (primary N) is 1. The molecule has 2 N–H and O–H groups in total. The third-order valence-corrected chi connectivity index (χ3v) is 2.76. The third-order valence-electron chi connectivity index (χ3n) is 2.76. The molecule has 0 fully saturated rings. The van der Waals surface area contributed by atoms with Crippen molar-refractivity contribution in [3.63, 3.8) is 0 Å². The Bertz CT molecular complexity index is 511. The Hall–Kier alpha value is -1.95. The monoisotopic (exact) mass is 247 g/mol. The molecule has 0 atom stereocenters. The maximum atomic E-state index is 11.9. The molecule has 0 radical (unpaired) electrons. The number of anilines is 1. The lowest BCUT2D eigenvalue weighted by Gasteiger charge is -2.32. The van der Waals surface area contributed by atoms with Crippen LogP contribution in [-0.4, -0.2) is 34.9 Å². The van der Waals surface area contributed by atoms with E-state index >= 15 is 0 Å². The van der Waals surface area contributed by atoms with Crippen molar-refractivity contribution in [3.05, 3.63) is 23.5 Å². The van der Waals surface area contributed by atoms with Crippen molar-refractivity contribution in [2.24, 2.45) is 10.8 Å². The highest BCUT2D eigenvalue weighted by atomic mass is 16.2. The second-order valence-corrected chi connectivity index (χ2v) is 3.83. The Balaban J connectivity index is 0.000000574. The Morgan fingerprint density at radius 3 is 2.78 bits per heavy atom. The number of guanidine groups is 1. The maximum Gasteiger partial charge on any atom is 0.295 e. The van der Waals surface area contributed by atoms with Crippen LogP contribution >= 0.6 is 0 Å². The highest BCUT2D eigenvalue weighted by Crippen LogP contribution is 2.27. The summed E-state index contributed by atoms with van der Waals surface area (Å²) < 4.78 is 0. The summed E-state index contributed by atoms with van der Waals surface area (Å²) in [5, 5.41) is 1.07. The fraction of sp³-hybridized carbons (Fsp3) is 0.417. The van der Waals surface area contributed by atoms with Gasteiger partial charge in [-0.15, -0.1) is 0 Å². The van der Waals surface area contributed by atoms with Gasteiger partial charge in [-0.25, -0.2) is 20.8 Å². The zero-order valence-electron chi connectivity index (χ0n) is 10.8. The van der Waals surface area contributed by atoms with Gasteiger partial charge in [-0.3, -0.25) is 4.79 Å². The first kappa shape index (κ1) is 12.5. The minimum absolute atomic E-state index is 0.296. The minimum Gasteiger partial charge on any atom is -0.307 e. The zero-order chi connectivity index (χ0) is 13.3. The number of hydrazine groups is 1. The quantitative estimate of drug-likeness (QED) is 0.546. The van der Waals surface area contributed by atoms with Crippen molar-refractivity contribution in [1.82, 2.24) is 9.99 Å². The van der Waals surface area contributed by atoms with E-state index in [0.717, 1.165) is 22.9 Å². The van der Waals surface area contributed by atoms with E-state index in [0.29, 0.717) is 18.2 Å². The molecule has 0 bridgehead atoms. The number of hydrogen-bond acceptors (Lipinski definition) is 5. The van der Waals surface area contributed by atoms with Gasteiger partial charge in [0.05, 0.1) is 12.2 Å². The predicted molar refractivity (Wildman–Crippen MR) is 70.3 cm³/mol. The summed E-state index contributed by atoms with van der Waals surface area (Å²) in [7, 11) is 0. The fourth-order valence-corrected chi connectivity index (χ4v) is 2.00. The molecule has 96 valence electrons. The van der Waals surface area contributed by atoms with Gasteiger partial charge in [0, 0.05) is 12.2 Å². The van der Waals surface area contributed by atoms with Crippen molar-refractivity contribution in [3.8, 4) is 0 Å². The molecule has 18 heavy (non-hydrogen) atoms. The van der Waals surface area contributed by atoms with E-state index in [1.54, 1.807) is 0 Å². The van der Waals surface area contributed by atoms with Crippen molar-refractivity contribution in [2.75, 3.05) is 18.0 Å². The Morgan fingerprint density at radius 1 is 1.33 bits per heavy atom. The molecule has 3 heterocycles. The zero-order valence-corrected chi connectivity index (χ0v) is 10.8. The minimum atomic E-state index is -0.296. The molecule has 6 heteroatoms. The number of amides is 1. The number of fused-ring (bicyclic) bond motifs is 3. The average molecular weight is 247 g/mol. The Morgan fingerprint density at radius 2 is 2.06 bits per heavy atom. The van der Waals surface area contributed by atoms with Crippen molar-refractivity contribution >= 4 is 17.6 Å². The van der Waals surface area contributed by atoms with Gasteiger partial charge < -0.3 is 4.90 Å². The number of aryl methyl sites for hydroxylation is 1. The number of nitrogens with zero attached hydrogens (tertiary/aromatic N) is 4. The summed E-state index contributed by atoms with van der Waals surface area (Å²) in [6.45, 7) is 7.25. The van der Waals surface area contributed by atoms with Gasteiger partial charge in [0.1, 0.15) is 0 Å². The van der Waals surface area contributed by atoms with Gasteiger partial charge >= 0.3 is 0 Å². The fourth-order valence-electron chi connectivity index (χ4n) is 2.00. The van der Waals surface area contributed by atoms with Gasteiger partial charge in [0.2, 0.25) is 5.96 Å². The number of aromatic nitrogens is 1. The van der Waals surface area contributed by atoms with Crippen LogP contribution in [0.3, 0.4) is 0 Å². The molecule has 2 aliphatic heterocycles. The number of rotatable bonds is 0. The Labute approximate surface area is 106 Å². The molecule has 0 saturated heterocycles. The normalized spacial score (nSPS) is 16.7. The smallest absolute Gasteiger partial charge is 0.295 e. The number of pyridine rings is 1. The van der Waals surface area contributed by atoms with Crippen LogP contribution in [-0.2, 0) is 0 Å². The summed E-state index contributed by atoms with van der Waals surface area (Å²) in [6.07, 6.45) is 0.